The number of aryl methyl sites for hydroxylation is 1. The normalized spacial score (nSPS) is 14.8. The third-order valence-electron chi connectivity index (χ3n) is 3.88. The third-order valence-corrected chi connectivity index (χ3v) is 3.88. The molecule has 0 atom stereocenters. The van der Waals surface area contributed by atoms with Crippen LogP contribution in [0.2, 0.25) is 0 Å². The Morgan fingerprint density at radius 3 is 2.65 bits per heavy atom. The second-order valence-electron chi connectivity index (χ2n) is 5.33. The molecule has 0 unspecified atom stereocenters. The molecule has 1 aromatic heterocycles. The van der Waals surface area contributed by atoms with E-state index in [1.165, 1.54) is 6.92 Å². The average molecular weight is 324 g/mol. The molecule has 0 spiro atoms. The number of carbonyl (C=O) groups is 1. The summed E-state index contributed by atoms with van der Waals surface area (Å²) in [7, 11) is 0. The van der Waals surface area contributed by atoms with Gasteiger partial charge in [-0.2, -0.15) is 13.2 Å². The lowest BCUT2D eigenvalue weighted by molar-refractivity contribution is -0.137. The van der Waals surface area contributed by atoms with E-state index in [1.807, 2.05) is 0 Å². The highest BCUT2D eigenvalue weighted by molar-refractivity contribution is 6.08. The molecule has 3 nitrogen and oxygen atoms in total. The van der Waals surface area contributed by atoms with Crippen molar-refractivity contribution >= 4 is 11.6 Å². The summed E-state index contributed by atoms with van der Waals surface area (Å²) >= 11 is 0. The molecule has 1 aliphatic rings. The summed E-state index contributed by atoms with van der Waals surface area (Å²) in [5.41, 5.74) is -0.685. The Bertz CT molecular complexity index is 786. The lowest BCUT2D eigenvalue weighted by Gasteiger charge is -2.30. The van der Waals surface area contributed by atoms with E-state index < -0.39 is 23.5 Å². The number of nitrogens with zero attached hydrogens (tertiary/aromatic N) is 2. The van der Waals surface area contributed by atoms with Crippen LogP contribution in [0.25, 0.3) is 0 Å². The predicted molar refractivity (Wildman–Crippen MR) is 75.8 cm³/mol. The molecule has 1 amide bonds. The van der Waals surface area contributed by atoms with Gasteiger partial charge in [0.25, 0.3) is 5.91 Å². The summed E-state index contributed by atoms with van der Waals surface area (Å²) in [5, 5.41) is 0. The Balaban J connectivity index is 2.11. The highest BCUT2D eigenvalue weighted by Gasteiger charge is 2.38. The number of rotatable bonds is 1. The highest BCUT2D eigenvalue weighted by atomic mass is 19.4. The second-order valence-corrected chi connectivity index (χ2v) is 5.33. The van der Waals surface area contributed by atoms with Crippen molar-refractivity contribution in [1.29, 1.82) is 0 Å². The van der Waals surface area contributed by atoms with Crippen LogP contribution in [0.5, 0.6) is 0 Å². The van der Waals surface area contributed by atoms with Crippen molar-refractivity contribution in [2.24, 2.45) is 0 Å². The van der Waals surface area contributed by atoms with Crippen molar-refractivity contribution in [3.8, 4) is 0 Å². The van der Waals surface area contributed by atoms with E-state index in [0.717, 1.165) is 23.4 Å². The molecule has 120 valence electrons. The molecule has 23 heavy (non-hydrogen) atoms. The van der Waals surface area contributed by atoms with Crippen molar-refractivity contribution in [3.63, 3.8) is 0 Å². The van der Waals surface area contributed by atoms with E-state index in [2.05, 4.69) is 4.98 Å². The van der Waals surface area contributed by atoms with Crippen LogP contribution in [0.1, 0.15) is 27.0 Å². The Morgan fingerprint density at radius 2 is 1.96 bits per heavy atom. The van der Waals surface area contributed by atoms with Crippen molar-refractivity contribution in [2.45, 2.75) is 19.5 Å². The lowest BCUT2D eigenvalue weighted by Crippen LogP contribution is -2.39. The number of benzene rings is 1. The molecule has 0 bridgehead atoms. The van der Waals surface area contributed by atoms with E-state index >= 15 is 0 Å². The largest absolute Gasteiger partial charge is 0.418 e. The van der Waals surface area contributed by atoms with Gasteiger partial charge >= 0.3 is 6.18 Å². The van der Waals surface area contributed by atoms with E-state index in [1.54, 1.807) is 12.1 Å². The number of hydrogen-bond acceptors (Lipinski definition) is 2. The molecular formula is C16H12F4N2O. The van der Waals surface area contributed by atoms with Crippen molar-refractivity contribution in [1.82, 2.24) is 4.98 Å². The number of fused-ring (bicyclic) bond motifs is 1. The molecule has 1 aromatic carbocycles. The number of aromatic nitrogens is 1. The Labute approximate surface area is 129 Å². The first-order chi connectivity index (χ1) is 10.8. The lowest BCUT2D eigenvalue weighted by atomic mass is 9.95. The number of hydrogen-bond donors (Lipinski definition) is 0. The quantitative estimate of drug-likeness (QED) is 0.749. The van der Waals surface area contributed by atoms with Crippen LogP contribution in [0.3, 0.4) is 0 Å². The minimum absolute atomic E-state index is 0.0447. The summed E-state index contributed by atoms with van der Waals surface area (Å²) in [4.78, 5) is 17.2. The molecule has 7 heteroatoms. The van der Waals surface area contributed by atoms with Crippen LogP contribution in [0, 0.1) is 12.7 Å². The Hall–Kier alpha value is -2.44. The van der Waals surface area contributed by atoms with Crippen molar-refractivity contribution < 1.29 is 22.4 Å². The molecule has 0 aliphatic carbocycles. The summed E-state index contributed by atoms with van der Waals surface area (Å²) < 4.78 is 53.7. The maximum atomic E-state index is 14.3. The first kappa shape index (κ1) is 15.5. The second kappa shape index (κ2) is 5.33. The van der Waals surface area contributed by atoms with Crippen LogP contribution in [0.4, 0.5) is 23.2 Å². The summed E-state index contributed by atoms with van der Waals surface area (Å²) in [6.45, 7) is 1.55. The van der Waals surface area contributed by atoms with Gasteiger partial charge < -0.3 is 4.90 Å². The Kier molecular flexibility index (Phi) is 3.58. The standard InChI is InChI=1S/C16H12F4N2O/c1-9-2-3-10-5-7-22(15(23)13(10)14(9)17)12-8-21-6-4-11(12)16(18,19)20/h2-4,6,8H,5,7H2,1H3. The number of alkyl halides is 3. The van der Waals surface area contributed by atoms with E-state index in [0.29, 0.717) is 5.56 Å². The fourth-order valence-corrected chi connectivity index (χ4v) is 2.70. The fourth-order valence-electron chi connectivity index (χ4n) is 2.70. The summed E-state index contributed by atoms with van der Waals surface area (Å²) in [6.07, 6.45) is -2.34. The van der Waals surface area contributed by atoms with Gasteiger partial charge in [0.2, 0.25) is 0 Å². The minimum Gasteiger partial charge on any atom is -0.306 e. The number of halogens is 4. The van der Waals surface area contributed by atoms with E-state index in [9.17, 15) is 22.4 Å². The van der Waals surface area contributed by atoms with E-state index in [4.69, 9.17) is 0 Å². The van der Waals surface area contributed by atoms with Gasteiger partial charge in [0.15, 0.2) is 0 Å². The molecule has 1 aliphatic heterocycles. The first-order valence-corrected chi connectivity index (χ1v) is 6.91. The molecular weight excluding hydrogens is 312 g/mol. The predicted octanol–water partition coefficient (Wildman–Crippen LogP) is 3.75. The monoisotopic (exact) mass is 324 g/mol. The first-order valence-electron chi connectivity index (χ1n) is 6.91. The maximum Gasteiger partial charge on any atom is 0.418 e. The number of carbonyl (C=O) groups excluding carboxylic acids is 1. The molecule has 0 radical (unpaired) electrons. The van der Waals surface area contributed by atoms with Crippen LogP contribution < -0.4 is 4.90 Å². The van der Waals surface area contributed by atoms with Crippen LogP contribution in [-0.4, -0.2) is 17.4 Å². The van der Waals surface area contributed by atoms with E-state index in [-0.39, 0.29) is 29.8 Å². The van der Waals surface area contributed by atoms with Gasteiger partial charge in [-0.15, -0.1) is 0 Å². The van der Waals surface area contributed by atoms with Gasteiger partial charge in [0.1, 0.15) is 5.82 Å². The van der Waals surface area contributed by atoms with Gasteiger partial charge in [-0.1, -0.05) is 12.1 Å². The van der Waals surface area contributed by atoms with Crippen LogP contribution in [0.15, 0.2) is 30.6 Å². The van der Waals surface area contributed by atoms with Gasteiger partial charge in [0.05, 0.1) is 23.0 Å². The third kappa shape index (κ3) is 2.56. The molecule has 0 N–H and O–H groups in total. The fraction of sp³-hybridized carbons (Fsp3) is 0.250. The molecule has 2 aromatic rings. The van der Waals surface area contributed by atoms with Gasteiger partial charge in [-0.05, 0) is 30.5 Å². The van der Waals surface area contributed by atoms with Crippen molar-refractivity contribution in [3.05, 3.63) is 58.7 Å². The average Bonchev–Trinajstić information content (AvgIpc) is 2.50. The van der Waals surface area contributed by atoms with Crippen LogP contribution in [-0.2, 0) is 12.6 Å². The SMILES string of the molecule is Cc1ccc2c(c1F)C(=O)N(c1cnccc1C(F)(F)F)CC2. The maximum absolute atomic E-state index is 14.3. The zero-order chi connectivity index (χ0) is 16.8. The Morgan fingerprint density at radius 1 is 1.22 bits per heavy atom. The molecule has 0 saturated heterocycles. The molecule has 0 saturated carbocycles. The smallest absolute Gasteiger partial charge is 0.306 e. The van der Waals surface area contributed by atoms with Gasteiger partial charge in [-0.25, -0.2) is 4.39 Å². The summed E-state index contributed by atoms with van der Waals surface area (Å²) in [6, 6.07) is 4.00. The van der Waals surface area contributed by atoms with Crippen LogP contribution >= 0.6 is 0 Å². The topological polar surface area (TPSA) is 33.2 Å². The van der Waals surface area contributed by atoms with Crippen molar-refractivity contribution in [2.75, 3.05) is 11.4 Å². The molecule has 3 rings (SSSR count). The zero-order valence-electron chi connectivity index (χ0n) is 12.1. The summed E-state index contributed by atoms with van der Waals surface area (Å²) in [5.74, 6) is -1.46. The minimum atomic E-state index is -4.62. The highest BCUT2D eigenvalue weighted by Crippen LogP contribution is 2.37. The van der Waals surface area contributed by atoms with Gasteiger partial charge in [0, 0.05) is 12.7 Å². The van der Waals surface area contributed by atoms with Gasteiger partial charge in [-0.3, -0.25) is 9.78 Å². The molecule has 2 heterocycles. The number of anilines is 1. The number of amides is 1. The zero-order valence-corrected chi connectivity index (χ0v) is 12.1. The number of pyridine rings is 1. The molecule has 0 fully saturated rings.